The van der Waals surface area contributed by atoms with Crippen LogP contribution in [0.25, 0.3) is 0 Å². The first-order chi connectivity index (χ1) is 5.81. The minimum atomic E-state index is 0.250. The number of para-hydroxylation sites is 1. The van der Waals surface area contributed by atoms with E-state index in [9.17, 15) is 0 Å². The zero-order valence-electron chi connectivity index (χ0n) is 6.27. The smallest absolute Gasteiger partial charge is 0.373 e. The molecule has 0 radical (unpaired) electrons. The molecule has 0 aliphatic rings. The van der Waals surface area contributed by atoms with Gasteiger partial charge in [-0.15, -0.1) is 0 Å². The topological polar surface area (TPSA) is 71.4 Å². The van der Waals surface area contributed by atoms with Crippen molar-refractivity contribution in [2.45, 2.75) is 0 Å². The van der Waals surface area contributed by atoms with Gasteiger partial charge in [0, 0.05) is 0 Å². The quantitative estimate of drug-likeness (QED) is 0.616. The first-order valence-corrected chi connectivity index (χ1v) is 2.83. The van der Waals surface area contributed by atoms with E-state index in [2.05, 4.69) is 0 Å². The normalized spacial score (nSPS) is 6.00. The molecule has 0 unspecified atom stereocenters. The third kappa shape index (κ3) is 10.9. The van der Waals surface area contributed by atoms with E-state index < -0.39 is 0 Å². The number of carbonyl (C=O) groups excluding carboxylic acids is 3. The minimum absolute atomic E-state index is 0.250. The number of phenolic OH excluding ortho intramolecular Hbond substituents is 1. The lowest BCUT2D eigenvalue weighted by Gasteiger charge is -1.82. The number of hydrogen-bond donors (Lipinski definition) is 1. The number of phenols is 1. The Morgan fingerprint density at radius 2 is 1.42 bits per heavy atom. The number of hydrogen-bond acceptors (Lipinski definition) is 4. The average Bonchev–Trinajstić information content (AvgIpc) is 2.11. The fourth-order valence-electron chi connectivity index (χ4n) is 0.428. The molecule has 12 heavy (non-hydrogen) atoms. The van der Waals surface area contributed by atoms with E-state index in [-0.39, 0.29) is 6.15 Å². The Morgan fingerprint density at radius 3 is 1.58 bits per heavy atom. The molecule has 1 N–H and O–H groups in total. The summed E-state index contributed by atoms with van der Waals surface area (Å²) in [5, 5.41) is 8.63. The first kappa shape index (κ1) is 12.7. The van der Waals surface area contributed by atoms with Crippen molar-refractivity contribution in [1.82, 2.24) is 0 Å². The van der Waals surface area contributed by atoms with Crippen LogP contribution in [0.5, 0.6) is 5.75 Å². The summed E-state index contributed by atoms with van der Waals surface area (Å²) in [6.45, 7) is 2.00. The molecule has 0 aliphatic heterocycles. The largest absolute Gasteiger partial charge is 0.508 e. The van der Waals surface area contributed by atoms with Crippen molar-refractivity contribution in [3.05, 3.63) is 30.3 Å². The van der Waals surface area contributed by atoms with Crippen molar-refractivity contribution in [2.75, 3.05) is 0 Å². The Labute approximate surface area is 69.5 Å². The van der Waals surface area contributed by atoms with Crippen LogP contribution < -0.4 is 0 Å². The molecule has 0 fully saturated rings. The van der Waals surface area contributed by atoms with Gasteiger partial charge in [0.15, 0.2) is 0 Å². The highest BCUT2D eigenvalue weighted by Gasteiger charge is 1.74. The number of rotatable bonds is 0. The van der Waals surface area contributed by atoms with Crippen LogP contribution in [0.2, 0.25) is 0 Å². The van der Waals surface area contributed by atoms with Crippen LogP contribution in [0, 0.1) is 0 Å². The molecule has 4 heteroatoms. The highest BCUT2D eigenvalue weighted by Crippen LogP contribution is 2.02. The van der Waals surface area contributed by atoms with Crippen LogP contribution in [-0.4, -0.2) is 18.0 Å². The molecule has 0 aliphatic carbocycles. The van der Waals surface area contributed by atoms with Crippen molar-refractivity contribution in [3.63, 3.8) is 0 Å². The average molecular weight is 168 g/mol. The molecule has 64 valence electrons. The number of benzene rings is 1. The van der Waals surface area contributed by atoms with Gasteiger partial charge in [-0.05, 0) is 12.1 Å². The lowest BCUT2D eigenvalue weighted by molar-refractivity contribution is -0.191. The predicted molar refractivity (Wildman–Crippen MR) is 40.2 cm³/mol. The molecule has 1 rings (SSSR count). The van der Waals surface area contributed by atoms with Crippen molar-refractivity contribution >= 4 is 12.9 Å². The molecule has 0 heterocycles. The van der Waals surface area contributed by atoms with E-state index in [0.29, 0.717) is 5.75 Å². The first-order valence-electron chi connectivity index (χ1n) is 2.83. The second-order valence-electron chi connectivity index (χ2n) is 1.42. The van der Waals surface area contributed by atoms with Gasteiger partial charge in [0.2, 0.25) is 0 Å². The molecule has 0 aromatic heterocycles. The molecule has 0 bridgehead atoms. The zero-order chi connectivity index (χ0) is 9.82. The van der Waals surface area contributed by atoms with E-state index in [1.165, 1.54) is 0 Å². The molecule has 0 amide bonds. The molecular weight excluding hydrogens is 160 g/mol. The lowest BCUT2D eigenvalue weighted by Crippen LogP contribution is -1.56. The van der Waals surface area contributed by atoms with E-state index >= 15 is 0 Å². The maximum Gasteiger partial charge on any atom is 0.373 e. The van der Waals surface area contributed by atoms with Crippen molar-refractivity contribution in [2.24, 2.45) is 0 Å². The van der Waals surface area contributed by atoms with Gasteiger partial charge in [0.1, 0.15) is 12.5 Å². The van der Waals surface area contributed by atoms with Gasteiger partial charge in [-0.2, -0.15) is 9.59 Å². The molecule has 0 atom stereocenters. The molecule has 0 saturated heterocycles. The van der Waals surface area contributed by atoms with E-state index in [0.717, 1.165) is 0 Å². The fraction of sp³-hybridized carbons (Fsp3) is 0. The molecule has 0 saturated carbocycles. The summed E-state index contributed by atoms with van der Waals surface area (Å²) in [6.07, 6.45) is 0.250. The van der Waals surface area contributed by atoms with Crippen LogP contribution in [-0.2, 0) is 14.4 Å². The molecular formula is C8H8O4. The molecule has 1 aromatic carbocycles. The Balaban J connectivity index is 0. The van der Waals surface area contributed by atoms with Crippen molar-refractivity contribution < 1.29 is 19.5 Å². The summed E-state index contributed by atoms with van der Waals surface area (Å²) in [5.41, 5.74) is 0. The maximum atomic E-state index is 8.63. The molecule has 1 aromatic rings. The van der Waals surface area contributed by atoms with E-state index in [1.807, 2.05) is 12.9 Å². The monoisotopic (exact) mass is 168 g/mol. The van der Waals surface area contributed by atoms with Crippen LogP contribution >= 0.6 is 0 Å². The second kappa shape index (κ2) is 11.8. The standard InChI is InChI=1S/C6H6O.CO2.CH2O/c7-6-4-2-1-3-5-6;2-1-3;1-2/h1-5,7H;;1H2. The van der Waals surface area contributed by atoms with Gasteiger partial charge in [-0.1, -0.05) is 18.2 Å². The zero-order valence-corrected chi connectivity index (χ0v) is 6.27. The van der Waals surface area contributed by atoms with Crippen LogP contribution in [0.4, 0.5) is 0 Å². The van der Waals surface area contributed by atoms with Gasteiger partial charge in [-0.25, -0.2) is 0 Å². The van der Waals surface area contributed by atoms with E-state index in [4.69, 9.17) is 19.5 Å². The molecule has 0 spiro atoms. The Hall–Kier alpha value is -1.93. The van der Waals surface area contributed by atoms with Gasteiger partial charge < -0.3 is 9.90 Å². The predicted octanol–water partition coefficient (Wildman–Crippen LogP) is 0.624. The summed E-state index contributed by atoms with van der Waals surface area (Å²) >= 11 is 0. The van der Waals surface area contributed by atoms with Crippen LogP contribution in [0.15, 0.2) is 30.3 Å². The third-order valence-electron chi connectivity index (χ3n) is 0.756. The number of aromatic hydroxyl groups is 1. The van der Waals surface area contributed by atoms with Crippen molar-refractivity contribution in [3.8, 4) is 5.75 Å². The summed E-state index contributed by atoms with van der Waals surface area (Å²) in [5.74, 6) is 0.322. The van der Waals surface area contributed by atoms with Gasteiger partial charge >= 0.3 is 6.15 Å². The highest BCUT2D eigenvalue weighted by molar-refractivity contribution is 5.20. The summed E-state index contributed by atoms with van der Waals surface area (Å²) < 4.78 is 0. The summed E-state index contributed by atoms with van der Waals surface area (Å²) in [7, 11) is 0. The van der Waals surface area contributed by atoms with E-state index in [1.54, 1.807) is 24.3 Å². The highest BCUT2D eigenvalue weighted by atomic mass is 16.3. The van der Waals surface area contributed by atoms with Gasteiger partial charge in [-0.3, -0.25) is 0 Å². The SMILES string of the molecule is C=O.O=C=O.Oc1ccccc1. The van der Waals surface area contributed by atoms with Gasteiger partial charge in [0.05, 0.1) is 0 Å². The fourth-order valence-corrected chi connectivity index (χ4v) is 0.428. The van der Waals surface area contributed by atoms with Gasteiger partial charge in [0.25, 0.3) is 0 Å². The summed E-state index contributed by atoms with van der Waals surface area (Å²) in [4.78, 5) is 24.2. The Bertz CT molecular complexity index is 214. The van der Waals surface area contributed by atoms with Crippen molar-refractivity contribution in [1.29, 1.82) is 0 Å². The maximum absolute atomic E-state index is 8.63. The number of carbonyl (C=O) groups is 1. The lowest BCUT2D eigenvalue weighted by atomic mass is 10.3. The summed E-state index contributed by atoms with van der Waals surface area (Å²) in [6, 6.07) is 8.71. The minimum Gasteiger partial charge on any atom is -0.508 e. The molecule has 4 nitrogen and oxygen atoms in total. The Morgan fingerprint density at radius 1 is 1.08 bits per heavy atom. The van der Waals surface area contributed by atoms with Crippen LogP contribution in [0.1, 0.15) is 0 Å². The second-order valence-corrected chi connectivity index (χ2v) is 1.42. The Kier molecular flexibility index (Phi) is 12.5. The van der Waals surface area contributed by atoms with Crippen LogP contribution in [0.3, 0.4) is 0 Å². The third-order valence-corrected chi connectivity index (χ3v) is 0.756.